The van der Waals surface area contributed by atoms with Gasteiger partial charge in [-0.2, -0.15) is 0 Å². The Hall–Kier alpha value is -1.49. The van der Waals surface area contributed by atoms with E-state index in [1.807, 2.05) is 7.05 Å². The van der Waals surface area contributed by atoms with E-state index in [0.29, 0.717) is 6.54 Å². The lowest BCUT2D eigenvalue weighted by Crippen LogP contribution is -2.26. The average molecular weight is 228 g/mol. The molecule has 88 valence electrons. The quantitative estimate of drug-likeness (QED) is 0.746. The molecule has 0 spiro atoms. The van der Waals surface area contributed by atoms with Crippen molar-refractivity contribution in [2.45, 2.75) is 6.42 Å². The van der Waals surface area contributed by atoms with Crippen LogP contribution >= 0.6 is 0 Å². The molecule has 2 N–H and O–H groups in total. The second-order valence-corrected chi connectivity index (χ2v) is 3.34. The topological polar surface area (TPSA) is 41.1 Å². The second-order valence-electron chi connectivity index (χ2n) is 3.34. The SMILES string of the molecule is CNCCCNC(=O)c1ccc(F)c(F)c1. The summed E-state index contributed by atoms with van der Waals surface area (Å²) in [5.41, 5.74) is 0.128. The third-order valence-electron chi connectivity index (χ3n) is 2.07. The van der Waals surface area contributed by atoms with Crippen molar-refractivity contribution in [3.63, 3.8) is 0 Å². The molecule has 0 heterocycles. The van der Waals surface area contributed by atoms with E-state index in [-0.39, 0.29) is 5.56 Å². The maximum absolute atomic E-state index is 12.8. The predicted octanol–water partition coefficient (Wildman–Crippen LogP) is 1.30. The number of hydrogen-bond donors (Lipinski definition) is 2. The molecule has 0 saturated carbocycles. The van der Waals surface area contributed by atoms with E-state index in [9.17, 15) is 13.6 Å². The molecule has 5 heteroatoms. The maximum atomic E-state index is 12.8. The summed E-state index contributed by atoms with van der Waals surface area (Å²) in [6, 6.07) is 3.09. The van der Waals surface area contributed by atoms with Crippen LogP contribution in [-0.4, -0.2) is 26.0 Å². The van der Waals surface area contributed by atoms with Gasteiger partial charge >= 0.3 is 0 Å². The molecule has 0 saturated heterocycles. The van der Waals surface area contributed by atoms with E-state index in [0.717, 1.165) is 25.1 Å². The summed E-state index contributed by atoms with van der Waals surface area (Å²) >= 11 is 0. The van der Waals surface area contributed by atoms with Crippen molar-refractivity contribution in [3.8, 4) is 0 Å². The van der Waals surface area contributed by atoms with Gasteiger partial charge in [-0.1, -0.05) is 0 Å². The Labute approximate surface area is 92.8 Å². The van der Waals surface area contributed by atoms with Crippen LogP contribution in [0, 0.1) is 11.6 Å². The summed E-state index contributed by atoms with van der Waals surface area (Å²) < 4.78 is 25.4. The lowest BCUT2D eigenvalue weighted by atomic mass is 10.2. The number of amides is 1. The van der Waals surface area contributed by atoms with Gasteiger partial charge in [-0.25, -0.2) is 8.78 Å². The van der Waals surface area contributed by atoms with Crippen LogP contribution in [0.5, 0.6) is 0 Å². The lowest BCUT2D eigenvalue weighted by Gasteiger charge is -2.05. The van der Waals surface area contributed by atoms with Gasteiger partial charge in [0.15, 0.2) is 11.6 Å². The van der Waals surface area contributed by atoms with Gasteiger partial charge in [0.1, 0.15) is 0 Å². The minimum atomic E-state index is -1.01. The van der Waals surface area contributed by atoms with Crippen LogP contribution in [0.1, 0.15) is 16.8 Å². The predicted molar refractivity (Wildman–Crippen MR) is 57.2 cm³/mol. The largest absolute Gasteiger partial charge is 0.352 e. The van der Waals surface area contributed by atoms with Crippen LogP contribution in [-0.2, 0) is 0 Å². The van der Waals surface area contributed by atoms with Crippen LogP contribution in [0.25, 0.3) is 0 Å². The highest BCUT2D eigenvalue weighted by Crippen LogP contribution is 2.08. The number of carbonyl (C=O) groups excluding carboxylic acids is 1. The van der Waals surface area contributed by atoms with Gasteiger partial charge in [0, 0.05) is 12.1 Å². The van der Waals surface area contributed by atoms with Gasteiger partial charge in [-0.15, -0.1) is 0 Å². The summed E-state index contributed by atoms with van der Waals surface area (Å²) in [6.07, 6.45) is 0.784. The zero-order chi connectivity index (χ0) is 12.0. The summed E-state index contributed by atoms with van der Waals surface area (Å²) in [5, 5.41) is 5.55. The molecular formula is C11H14F2N2O. The van der Waals surface area contributed by atoms with Crippen molar-refractivity contribution >= 4 is 5.91 Å². The fourth-order valence-electron chi connectivity index (χ4n) is 1.21. The third-order valence-corrected chi connectivity index (χ3v) is 2.07. The zero-order valence-electron chi connectivity index (χ0n) is 9.02. The van der Waals surface area contributed by atoms with Crippen LogP contribution in [0.15, 0.2) is 18.2 Å². The fourth-order valence-corrected chi connectivity index (χ4v) is 1.21. The Balaban J connectivity index is 2.50. The van der Waals surface area contributed by atoms with Gasteiger partial charge in [-0.3, -0.25) is 4.79 Å². The molecule has 0 aliphatic heterocycles. The number of nitrogens with one attached hydrogen (secondary N) is 2. The molecular weight excluding hydrogens is 214 g/mol. The maximum Gasteiger partial charge on any atom is 0.251 e. The molecule has 0 atom stereocenters. The van der Waals surface area contributed by atoms with Gasteiger partial charge < -0.3 is 10.6 Å². The first-order valence-electron chi connectivity index (χ1n) is 5.03. The molecule has 1 aromatic carbocycles. The van der Waals surface area contributed by atoms with E-state index in [1.165, 1.54) is 6.07 Å². The molecule has 0 fully saturated rings. The number of benzene rings is 1. The molecule has 0 aliphatic carbocycles. The van der Waals surface area contributed by atoms with Crippen molar-refractivity contribution in [2.24, 2.45) is 0 Å². The molecule has 0 aromatic heterocycles. The van der Waals surface area contributed by atoms with Gasteiger partial charge in [-0.05, 0) is 38.2 Å². The highest BCUT2D eigenvalue weighted by Gasteiger charge is 2.08. The van der Waals surface area contributed by atoms with Gasteiger partial charge in [0.2, 0.25) is 0 Å². The minimum Gasteiger partial charge on any atom is -0.352 e. The van der Waals surface area contributed by atoms with E-state index in [1.54, 1.807) is 0 Å². The monoisotopic (exact) mass is 228 g/mol. The first-order valence-corrected chi connectivity index (χ1v) is 5.03. The van der Waals surface area contributed by atoms with E-state index in [4.69, 9.17) is 0 Å². The van der Waals surface area contributed by atoms with Crippen LogP contribution < -0.4 is 10.6 Å². The second kappa shape index (κ2) is 6.17. The van der Waals surface area contributed by atoms with Gasteiger partial charge in [0.05, 0.1) is 0 Å². The van der Waals surface area contributed by atoms with Crippen LogP contribution in [0.2, 0.25) is 0 Å². The Morgan fingerprint density at radius 1 is 1.25 bits per heavy atom. The van der Waals surface area contributed by atoms with Crippen molar-refractivity contribution in [1.29, 1.82) is 0 Å². The zero-order valence-corrected chi connectivity index (χ0v) is 9.02. The molecule has 1 aromatic rings. The van der Waals surface area contributed by atoms with Crippen LogP contribution in [0.4, 0.5) is 8.78 Å². The van der Waals surface area contributed by atoms with Gasteiger partial charge in [0.25, 0.3) is 5.91 Å². The van der Waals surface area contributed by atoms with E-state index < -0.39 is 17.5 Å². The first kappa shape index (κ1) is 12.6. The van der Waals surface area contributed by atoms with E-state index >= 15 is 0 Å². The third kappa shape index (κ3) is 3.58. The molecule has 0 bridgehead atoms. The summed E-state index contributed by atoms with van der Waals surface area (Å²) in [6.45, 7) is 1.29. The summed E-state index contributed by atoms with van der Waals surface area (Å²) in [4.78, 5) is 11.5. The summed E-state index contributed by atoms with van der Waals surface area (Å²) in [7, 11) is 1.82. The highest BCUT2D eigenvalue weighted by molar-refractivity contribution is 5.94. The Kier molecular flexibility index (Phi) is 4.85. The van der Waals surface area contributed by atoms with Crippen molar-refractivity contribution in [3.05, 3.63) is 35.4 Å². The molecule has 16 heavy (non-hydrogen) atoms. The number of hydrogen-bond acceptors (Lipinski definition) is 2. The van der Waals surface area contributed by atoms with Crippen molar-refractivity contribution in [2.75, 3.05) is 20.1 Å². The standard InChI is InChI=1S/C11H14F2N2O/c1-14-5-2-6-15-11(16)8-3-4-9(12)10(13)7-8/h3-4,7,14H,2,5-6H2,1H3,(H,15,16). The normalized spacial score (nSPS) is 10.2. The lowest BCUT2D eigenvalue weighted by molar-refractivity contribution is 0.0952. The Morgan fingerprint density at radius 2 is 2.00 bits per heavy atom. The number of halogens is 2. The smallest absolute Gasteiger partial charge is 0.251 e. The molecule has 0 aliphatic rings. The number of carbonyl (C=O) groups is 1. The summed E-state index contributed by atoms with van der Waals surface area (Å²) in [5.74, 6) is -2.36. The van der Waals surface area contributed by atoms with Crippen molar-refractivity contribution < 1.29 is 13.6 Å². The fraction of sp³-hybridized carbons (Fsp3) is 0.364. The molecule has 3 nitrogen and oxygen atoms in total. The average Bonchev–Trinajstić information content (AvgIpc) is 2.28. The Bertz CT molecular complexity index is 369. The number of rotatable bonds is 5. The minimum absolute atomic E-state index is 0.128. The van der Waals surface area contributed by atoms with Crippen molar-refractivity contribution in [1.82, 2.24) is 10.6 Å². The Morgan fingerprint density at radius 3 is 2.62 bits per heavy atom. The molecule has 0 unspecified atom stereocenters. The highest BCUT2D eigenvalue weighted by atomic mass is 19.2. The molecule has 0 radical (unpaired) electrons. The molecule has 1 rings (SSSR count). The van der Waals surface area contributed by atoms with E-state index in [2.05, 4.69) is 10.6 Å². The first-order chi connectivity index (χ1) is 7.65. The molecule has 1 amide bonds. The van der Waals surface area contributed by atoms with Crippen LogP contribution in [0.3, 0.4) is 0 Å².